The second-order valence-electron chi connectivity index (χ2n) is 6.17. The third kappa shape index (κ3) is 2.52. The van der Waals surface area contributed by atoms with E-state index >= 15 is 0 Å². The Morgan fingerprint density at radius 2 is 2.08 bits per heavy atom. The van der Waals surface area contributed by atoms with Crippen molar-refractivity contribution in [2.24, 2.45) is 5.92 Å². The fourth-order valence-corrected chi connectivity index (χ4v) is 3.22. The van der Waals surface area contributed by atoms with Crippen molar-refractivity contribution in [2.75, 3.05) is 6.61 Å². The number of benzene rings is 1. The van der Waals surface area contributed by atoms with E-state index < -0.39 is 0 Å². The topological polar surface area (TPSA) is 72.3 Å². The normalized spacial score (nSPS) is 19.4. The van der Waals surface area contributed by atoms with Gasteiger partial charge in [-0.15, -0.1) is 0 Å². The Balaban J connectivity index is 1.42. The molecule has 1 saturated carbocycles. The number of rotatable bonds is 5. The van der Waals surface area contributed by atoms with Gasteiger partial charge in [0.05, 0.1) is 12.2 Å². The molecule has 1 N–H and O–H groups in total. The third-order valence-corrected chi connectivity index (χ3v) is 4.52. The van der Waals surface area contributed by atoms with E-state index in [9.17, 15) is 9.59 Å². The molecule has 3 aromatic rings. The third-order valence-electron chi connectivity index (χ3n) is 4.52. The van der Waals surface area contributed by atoms with Crippen molar-refractivity contribution in [3.8, 4) is 0 Å². The van der Waals surface area contributed by atoms with E-state index in [4.69, 9.17) is 9.15 Å². The number of aryl methyl sites for hydroxylation is 1. The first kappa shape index (κ1) is 14.8. The Labute approximate surface area is 138 Å². The van der Waals surface area contributed by atoms with E-state index in [1.165, 1.54) is 0 Å². The van der Waals surface area contributed by atoms with Crippen molar-refractivity contribution in [3.63, 3.8) is 0 Å². The number of nitrogens with one attached hydrogen (secondary N) is 1. The van der Waals surface area contributed by atoms with Crippen LogP contribution in [0, 0.1) is 12.8 Å². The monoisotopic (exact) mass is 323 g/mol. The van der Waals surface area contributed by atoms with Crippen LogP contribution in [0.3, 0.4) is 0 Å². The zero-order valence-corrected chi connectivity index (χ0v) is 13.2. The molecule has 0 amide bonds. The number of hydrogen-bond acceptors (Lipinski definition) is 4. The highest BCUT2D eigenvalue weighted by Gasteiger charge is 2.47. The molecule has 1 aliphatic carbocycles. The lowest BCUT2D eigenvalue weighted by atomic mass is 10.1. The Bertz CT molecular complexity index is 907. The van der Waals surface area contributed by atoms with Crippen molar-refractivity contribution in [1.29, 1.82) is 0 Å². The number of hydrogen-bond donors (Lipinski definition) is 1. The van der Waals surface area contributed by atoms with Crippen LogP contribution in [0.25, 0.3) is 10.9 Å². The van der Waals surface area contributed by atoms with Crippen LogP contribution in [0.15, 0.2) is 47.1 Å². The fourth-order valence-electron chi connectivity index (χ4n) is 3.22. The number of ether oxygens (including phenoxy) is 1. The minimum atomic E-state index is -0.331. The molecule has 1 aromatic carbocycles. The van der Waals surface area contributed by atoms with Crippen molar-refractivity contribution < 1.29 is 18.7 Å². The minimum Gasteiger partial charge on any atom is -0.469 e. The molecule has 24 heavy (non-hydrogen) atoms. The standard InChI is InChI=1S/C19H17NO4/c1-11-18(12-5-2-3-6-15(12)20-11)16(21)10-24-19(22)14-9-13(14)17-7-4-8-23-17/h2-8,13-14,20H,9-10H2,1H3/t13-,14+/m0/s1. The summed E-state index contributed by atoms with van der Waals surface area (Å²) in [6.07, 6.45) is 2.31. The van der Waals surface area contributed by atoms with E-state index in [2.05, 4.69) is 4.98 Å². The van der Waals surface area contributed by atoms with Gasteiger partial charge in [0.25, 0.3) is 0 Å². The first-order valence-electron chi connectivity index (χ1n) is 7.95. The molecule has 2 aromatic heterocycles. The molecule has 0 spiro atoms. The summed E-state index contributed by atoms with van der Waals surface area (Å²) in [5.41, 5.74) is 2.29. The smallest absolute Gasteiger partial charge is 0.310 e. The van der Waals surface area contributed by atoms with Crippen LogP contribution in [0.2, 0.25) is 0 Å². The van der Waals surface area contributed by atoms with Gasteiger partial charge in [-0.05, 0) is 31.5 Å². The lowest BCUT2D eigenvalue weighted by molar-refractivity contribution is -0.144. The molecule has 2 atom stereocenters. The van der Waals surface area contributed by atoms with Gasteiger partial charge in [0.15, 0.2) is 6.61 Å². The summed E-state index contributed by atoms with van der Waals surface area (Å²) in [6.45, 7) is 1.62. The quantitative estimate of drug-likeness (QED) is 0.575. The van der Waals surface area contributed by atoms with Gasteiger partial charge in [0.1, 0.15) is 5.76 Å². The van der Waals surface area contributed by atoms with E-state index in [1.807, 2.05) is 37.3 Å². The Hall–Kier alpha value is -2.82. The van der Waals surface area contributed by atoms with E-state index in [1.54, 1.807) is 12.3 Å². The van der Waals surface area contributed by atoms with Gasteiger partial charge < -0.3 is 14.1 Å². The summed E-state index contributed by atoms with van der Waals surface area (Å²) in [5, 5.41) is 0.857. The number of Topliss-reactive ketones (excluding diaryl/α,β-unsaturated/α-hetero) is 1. The zero-order valence-electron chi connectivity index (χ0n) is 13.2. The van der Waals surface area contributed by atoms with Gasteiger partial charge in [0, 0.05) is 28.1 Å². The van der Waals surface area contributed by atoms with Gasteiger partial charge >= 0.3 is 5.97 Å². The summed E-state index contributed by atoms with van der Waals surface area (Å²) in [4.78, 5) is 27.8. The molecular weight excluding hydrogens is 306 g/mol. The summed E-state index contributed by atoms with van der Waals surface area (Å²) in [6, 6.07) is 11.3. The lowest BCUT2D eigenvalue weighted by Gasteiger charge is -2.04. The Morgan fingerprint density at radius 3 is 2.88 bits per heavy atom. The number of aromatic nitrogens is 1. The Kier molecular flexibility index (Phi) is 3.49. The molecule has 0 bridgehead atoms. The van der Waals surface area contributed by atoms with Crippen LogP contribution < -0.4 is 0 Å². The number of ketones is 1. The van der Waals surface area contributed by atoms with E-state index in [0.29, 0.717) is 12.0 Å². The predicted octanol–water partition coefficient (Wildman–Crippen LogP) is 3.60. The van der Waals surface area contributed by atoms with Gasteiger partial charge in [-0.1, -0.05) is 18.2 Å². The molecule has 0 unspecified atom stereocenters. The van der Waals surface area contributed by atoms with E-state index in [-0.39, 0.29) is 30.2 Å². The van der Waals surface area contributed by atoms with Crippen molar-refractivity contribution in [3.05, 3.63) is 59.7 Å². The number of para-hydroxylation sites is 1. The molecule has 2 heterocycles. The van der Waals surface area contributed by atoms with Gasteiger partial charge in [-0.2, -0.15) is 0 Å². The molecule has 0 aliphatic heterocycles. The molecule has 1 fully saturated rings. The van der Waals surface area contributed by atoms with E-state index in [0.717, 1.165) is 22.4 Å². The average molecular weight is 323 g/mol. The largest absolute Gasteiger partial charge is 0.469 e. The average Bonchev–Trinajstić information content (AvgIpc) is 3.04. The number of H-pyrrole nitrogens is 1. The van der Waals surface area contributed by atoms with Crippen molar-refractivity contribution in [2.45, 2.75) is 19.3 Å². The molecule has 1 aliphatic rings. The predicted molar refractivity (Wildman–Crippen MR) is 87.9 cm³/mol. The maximum Gasteiger partial charge on any atom is 0.310 e. The van der Waals surface area contributed by atoms with Crippen LogP contribution in [0.4, 0.5) is 0 Å². The number of esters is 1. The lowest BCUT2D eigenvalue weighted by Crippen LogP contribution is -2.16. The molecule has 122 valence electrons. The van der Waals surface area contributed by atoms with Gasteiger partial charge in [-0.3, -0.25) is 9.59 Å². The van der Waals surface area contributed by atoms with Crippen LogP contribution >= 0.6 is 0 Å². The summed E-state index contributed by atoms with van der Waals surface area (Å²) >= 11 is 0. The maximum absolute atomic E-state index is 12.5. The first-order valence-corrected chi connectivity index (χ1v) is 7.95. The second kappa shape index (κ2) is 5.67. The molecule has 5 nitrogen and oxygen atoms in total. The van der Waals surface area contributed by atoms with Gasteiger partial charge in [0.2, 0.25) is 5.78 Å². The summed E-state index contributed by atoms with van der Waals surface area (Å²) < 4.78 is 10.5. The maximum atomic E-state index is 12.5. The number of aromatic amines is 1. The SMILES string of the molecule is Cc1[nH]c2ccccc2c1C(=O)COC(=O)[C@@H]1C[C@@H]1c1ccco1. The van der Waals surface area contributed by atoms with Crippen molar-refractivity contribution in [1.82, 2.24) is 4.98 Å². The van der Waals surface area contributed by atoms with Crippen LogP contribution in [0.5, 0.6) is 0 Å². The highest BCUT2D eigenvalue weighted by molar-refractivity contribution is 6.10. The van der Waals surface area contributed by atoms with Crippen LogP contribution in [-0.2, 0) is 9.53 Å². The summed E-state index contributed by atoms with van der Waals surface area (Å²) in [5.74, 6) is 0.164. The first-order chi connectivity index (χ1) is 11.6. The molecule has 5 heteroatoms. The number of fused-ring (bicyclic) bond motifs is 1. The highest BCUT2D eigenvalue weighted by Crippen LogP contribution is 2.48. The van der Waals surface area contributed by atoms with Crippen molar-refractivity contribution >= 4 is 22.7 Å². The molecule has 0 saturated heterocycles. The van der Waals surface area contributed by atoms with Gasteiger partial charge in [-0.25, -0.2) is 0 Å². The highest BCUT2D eigenvalue weighted by atomic mass is 16.5. The van der Waals surface area contributed by atoms with Crippen LogP contribution in [0.1, 0.15) is 34.2 Å². The number of carbonyl (C=O) groups is 2. The zero-order chi connectivity index (χ0) is 16.7. The molecule has 0 radical (unpaired) electrons. The minimum absolute atomic E-state index is 0.0810. The Morgan fingerprint density at radius 1 is 1.25 bits per heavy atom. The second-order valence-corrected chi connectivity index (χ2v) is 6.17. The summed E-state index contributed by atoms with van der Waals surface area (Å²) in [7, 11) is 0. The number of carbonyl (C=O) groups excluding carboxylic acids is 2. The number of furan rings is 1. The fraction of sp³-hybridized carbons (Fsp3) is 0.263. The molecule has 4 rings (SSSR count). The van der Waals surface area contributed by atoms with Crippen LogP contribution in [-0.4, -0.2) is 23.3 Å². The molecular formula is C19H17NO4.